The van der Waals surface area contributed by atoms with Gasteiger partial charge in [0.2, 0.25) is 0 Å². The number of rotatable bonds is 6. The summed E-state index contributed by atoms with van der Waals surface area (Å²) in [5.74, 6) is 0. The first kappa shape index (κ1) is 14.8. The van der Waals surface area contributed by atoms with Crippen molar-refractivity contribution in [3.8, 4) is 0 Å². The molecule has 0 atom stereocenters. The zero-order valence-electron chi connectivity index (χ0n) is 12.4. The third-order valence-corrected chi connectivity index (χ3v) is 2.98. The van der Waals surface area contributed by atoms with Crippen LogP contribution >= 0.6 is 0 Å². The molecule has 0 aromatic heterocycles. The molecule has 2 nitrogen and oxygen atoms in total. The fraction of sp³-hybridized carbons (Fsp3) is 0.500. The quantitative estimate of drug-likeness (QED) is 0.775. The van der Waals surface area contributed by atoms with Gasteiger partial charge in [-0.05, 0) is 31.1 Å². The van der Waals surface area contributed by atoms with Crippen molar-refractivity contribution in [2.24, 2.45) is 0 Å². The average molecular weight is 246 g/mol. The number of anilines is 1. The maximum atomic E-state index is 4.14. The monoisotopic (exact) mass is 246 g/mol. The molecule has 1 aromatic carbocycles. The molecular formula is C16H26N2. The van der Waals surface area contributed by atoms with Crippen molar-refractivity contribution in [1.29, 1.82) is 0 Å². The minimum absolute atomic E-state index is 0.508. The van der Waals surface area contributed by atoms with Crippen LogP contribution in [0.1, 0.15) is 25.0 Å². The molecule has 0 heterocycles. The Balaban J connectivity index is 2.59. The normalized spacial score (nSPS) is 10.8. The Kier molecular flexibility index (Phi) is 5.42. The lowest BCUT2D eigenvalue weighted by atomic mass is 10.1. The molecule has 1 aromatic rings. The Bertz CT molecular complexity index is 408. The summed E-state index contributed by atoms with van der Waals surface area (Å²) in [5.41, 5.74) is 5.13. The van der Waals surface area contributed by atoms with Crippen LogP contribution in [0.15, 0.2) is 30.4 Å². The molecule has 0 unspecified atom stereocenters. The number of hydrogen-bond acceptors (Lipinski definition) is 2. The van der Waals surface area contributed by atoms with Gasteiger partial charge in [0.05, 0.1) is 0 Å². The molecule has 2 heteroatoms. The fourth-order valence-electron chi connectivity index (χ4n) is 2.06. The van der Waals surface area contributed by atoms with Crippen molar-refractivity contribution >= 4 is 5.69 Å². The lowest BCUT2D eigenvalue weighted by Crippen LogP contribution is -2.29. The molecule has 100 valence electrons. The Morgan fingerprint density at radius 2 is 2.00 bits per heavy atom. The van der Waals surface area contributed by atoms with Crippen molar-refractivity contribution in [3.63, 3.8) is 0 Å². The van der Waals surface area contributed by atoms with Gasteiger partial charge >= 0.3 is 0 Å². The van der Waals surface area contributed by atoms with E-state index in [0.29, 0.717) is 6.04 Å². The molecule has 1 rings (SSSR count). The largest absolute Gasteiger partial charge is 0.370 e. The van der Waals surface area contributed by atoms with Crippen LogP contribution in [0.5, 0.6) is 0 Å². The first-order chi connectivity index (χ1) is 8.40. The van der Waals surface area contributed by atoms with Gasteiger partial charge in [0, 0.05) is 31.9 Å². The molecule has 0 aliphatic carbocycles. The maximum absolute atomic E-state index is 4.14. The summed E-state index contributed by atoms with van der Waals surface area (Å²) in [7, 11) is 2.12. The summed E-state index contributed by atoms with van der Waals surface area (Å²) in [6.45, 7) is 14.5. The second kappa shape index (κ2) is 6.60. The number of likely N-dealkylation sites (N-methyl/N-ethyl adjacent to an activating group) is 1. The summed E-state index contributed by atoms with van der Waals surface area (Å²) in [6.07, 6.45) is 0. The van der Waals surface area contributed by atoms with Crippen LogP contribution < -0.4 is 10.2 Å². The van der Waals surface area contributed by atoms with Gasteiger partial charge in [-0.15, -0.1) is 0 Å². The highest BCUT2D eigenvalue weighted by atomic mass is 15.1. The molecule has 0 spiro atoms. The van der Waals surface area contributed by atoms with Crippen molar-refractivity contribution in [3.05, 3.63) is 41.5 Å². The van der Waals surface area contributed by atoms with Gasteiger partial charge in [-0.2, -0.15) is 0 Å². The first-order valence-electron chi connectivity index (χ1n) is 6.58. The van der Waals surface area contributed by atoms with Crippen LogP contribution in [0.3, 0.4) is 0 Å². The molecule has 0 saturated carbocycles. The van der Waals surface area contributed by atoms with Crippen molar-refractivity contribution in [2.75, 3.05) is 25.0 Å². The molecule has 0 amide bonds. The molecule has 0 aliphatic heterocycles. The van der Waals surface area contributed by atoms with E-state index >= 15 is 0 Å². The molecule has 0 radical (unpaired) electrons. The Morgan fingerprint density at radius 1 is 1.33 bits per heavy atom. The second-order valence-electron chi connectivity index (χ2n) is 5.43. The van der Waals surface area contributed by atoms with Crippen LogP contribution in [0, 0.1) is 13.8 Å². The van der Waals surface area contributed by atoms with Gasteiger partial charge in [0.25, 0.3) is 0 Å². The topological polar surface area (TPSA) is 15.3 Å². The summed E-state index contributed by atoms with van der Waals surface area (Å²) in [6, 6.07) is 7.08. The molecule has 1 N–H and O–H groups in total. The van der Waals surface area contributed by atoms with Gasteiger partial charge in [-0.1, -0.05) is 38.1 Å². The van der Waals surface area contributed by atoms with E-state index in [1.165, 1.54) is 22.4 Å². The van der Waals surface area contributed by atoms with Gasteiger partial charge < -0.3 is 10.2 Å². The number of benzene rings is 1. The smallest absolute Gasteiger partial charge is 0.0396 e. The number of nitrogens with one attached hydrogen (secondary N) is 1. The van der Waals surface area contributed by atoms with E-state index in [9.17, 15) is 0 Å². The fourth-order valence-corrected chi connectivity index (χ4v) is 2.06. The highest BCUT2D eigenvalue weighted by Crippen LogP contribution is 2.20. The van der Waals surface area contributed by atoms with E-state index in [0.717, 1.165) is 13.1 Å². The summed E-state index contributed by atoms with van der Waals surface area (Å²) >= 11 is 0. The zero-order chi connectivity index (χ0) is 13.7. The lowest BCUT2D eigenvalue weighted by molar-refractivity contribution is 0.617. The standard InChI is InChI=1S/C16H26N2/c1-12(2)17-10-14(4)11-18(6)16-8-7-13(3)9-15(16)5/h7-9,12,17H,4,10-11H2,1-3,5-6H3. The molecule has 0 saturated heterocycles. The predicted molar refractivity (Wildman–Crippen MR) is 81.5 cm³/mol. The highest BCUT2D eigenvalue weighted by Gasteiger charge is 2.06. The van der Waals surface area contributed by atoms with Crippen LogP contribution in [0.4, 0.5) is 5.69 Å². The van der Waals surface area contributed by atoms with E-state index in [4.69, 9.17) is 0 Å². The Morgan fingerprint density at radius 3 is 2.56 bits per heavy atom. The molecule has 18 heavy (non-hydrogen) atoms. The van der Waals surface area contributed by atoms with E-state index in [2.05, 4.69) is 69.7 Å². The molecule has 0 aliphatic rings. The Hall–Kier alpha value is -1.28. The van der Waals surface area contributed by atoms with E-state index in [1.807, 2.05) is 0 Å². The predicted octanol–water partition coefficient (Wildman–Crippen LogP) is 3.29. The Labute approximate surface area is 112 Å². The van der Waals surface area contributed by atoms with Gasteiger partial charge in [-0.25, -0.2) is 0 Å². The summed E-state index contributed by atoms with van der Waals surface area (Å²) < 4.78 is 0. The minimum atomic E-state index is 0.508. The average Bonchev–Trinajstić information content (AvgIpc) is 2.26. The van der Waals surface area contributed by atoms with Gasteiger partial charge in [0.15, 0.2) is 0 Å². The van der Waals surface area contributed by atoms with Crippen LogP contribution in [0.2, 0.25) is 0 Å². The molecule has 0 bridgehead atoms. The van der Waals surface area contributed by atoms with Gasteiger partial charge in [0.1, 0.15) is 0 Å². The minimum Gasteiger partial charge on any atom is -0.370 e. The van der Waals surface area contributed by atoms with Crippen LogP contribution in [-0.4, -0.2) is 26.2 Å². The van der Waals surface area contributed by atoms with Crippen LogP contribution in [-0.2, 0) is 0 Å². The third kappa shape index (κ3) is 4.53. The first-order valence-corrected chi connectivity index (χ1v) is 6.58. The number of aryl methyl sites for hydroxylation is 2. The lowest BCUT2D eigenvalue weighted by Gasteiger charge is -2.23. The second-order valence-corrected chi connectivity index (χ2v) is 5.43. The summed E-state index contributed by atoms with van der Waals surface area (Å²) in [5, 5.41) is 3.40. The van der Waals surface area contributed by atoms with Crippen molar-refractivity contribution in [1.82, 2.24) is 5.32 Å². The van der Waals surface area contributed by atoms with E-state index in [-0.39, 0.29) is 0 Å². The van der Waals surface area contributed by atoms with Crippen molar-refractivity contribution < 1.29 is 0 Å². The van der Waals surface area contributed by atoms with Crippen molar-refractivity contribution in [2.45, 2.75) is 33.7 Å². The number of hydrogen-bond donors (Lipinski definition) is 1. The van der Waals surface area contributed by atoms with Gasteiger partial charge in [-0.3, -0.25) is 0 Å². The zero-order valence-corrected chi connectivity index (χ0v) is 12.4. The maximum Gasteiger partial charge on any atom is 0.0396 e. The third-order valence-electron chi connectivity index (χ3n) is 2.98. The molecular weight excluding hydrogens is 220 g/mol. The highest BCUT2D eigenvalue weighted by molar-refractivity contribution is 5.54. The number of nitrogens with zero attached hydrogens (tertiary/aromatic N) is 1. The van der Waals surface area contributed by atoms with E-state index < -0.39 is 0 Å². The summed E-state index contributed by atoms with van der Waals surface area (Å²) in [4.78, 5) is 2.26. The van der Waals surface area contributed by atoms with E-state index in [1.54, 1.807) is 0 Å². The molecule has 0 fully saturated rings. The van der Waals surface area contributed by atoms with Crippen LogP contribution in [0.25, 0.3) is 0 Å². The SMILES string of the molecule is C=C(CNC(C)C)CN(C)c1ccc(C)cc1C.